The Morgan fingerprint density at radius 1 is 0.161 bits per heavy atom. The van der Waals surface area contributed by atoms with E-state index in [0.29, 0.717) is 0 Å². The van der Waals surface area contributed by atoms with E-state index in [1.807, 2.05) is 11.3 Å². The molecule has 400 valence electrons. The molecule has 0 amide bonds. The fourth-order valence-electron chi connectivity index (χ4n) is 15.0. The van der Waals surface area contributed by atoms with Gasteiger partial charge in [-0.15, -0.1) is 11.3 Å². The molecule has 87 heavy (non-hydrogen) atoms. The molecule has 0 spiro atoms. The van der Waals surface area contributed by atoms with Crippen LogP contribution in [0.3, 0.4) is 0 Å². The number of fused-ring (bicyclic) bond motifs is 14. The molecule has 0 aliphatic heterocycles. The largest absolute Gasteiger partial charge is 0.135 e. The van der Waals surface area contributed by atoms with Crippen molar-refractivity contribution in [2.75, 3.05) is 0 Å². The summed E-state index contributed by atoms with van der Waals surface area (Å²) in [5.74, 6) is 0. The molecule has 0 saturated carbocycles. The van der Waals surface area contributed by atoms with Crippen molar-refractivity contribution in [3.05, 3.63) is 303 Å². The second kappa shape index (κ2) is 18.8. The van der Waals surface area contributed by atoms with Crippen molar-refractivity contribution in [1.82, 2.24) is 0 Å². The molecule has 0 nitrogen and oxygen atoms in total. The van der Waals surface area contributed by atoms with Gasteiger partial charge in [-0.3, -0.25) is 0 Å². The molecule has 17 aromatic rings. The third-order valence-corrected chi connectivity index (χ3v) is 20.3. The summed E-state index contributed by atoms with van der Waals surface area (Å²) in [6.45, 7) is 0. The van der Waals surface area contributed by atoms with Crippen LogP contribution in [0.4, 0.5) is 0 Å². The lowest BCUT2D eigenvalue weighted by Crippen LogP contribution is -1.89. The monoisotopic (exact) mass is 1110 g/mol. The van der Waals surface area contributed by atoms with Gasteiger partial charge in [-0.1, -0.05) is 237 Å². The van der Waals surface area contributed by atoms with E-state index in [1.54, 1.807) is 0 Å². The van der Waals surface area contributed by atoms with E-state index in [9.17, 15) is 0 Å². The number of hydrogen-bond donors (Lipinski definition) is 0. The molecule has 2 aliphatic carbocycles. The van der Waals surface area contributed by atoms with Crippen LogP contribution in [0, 0.1) is 0 Å². The van der Waals surface area contributed by atoms with Gasteiger partial charge in [0.2, 0.25) is 0 Å². The highest BCUT2D eigenvalue weighted by Crippen LogP contribution is 2.53. The lowest BCUT2D eigenvalue weighted by molar-refractivity contribution is 1.57. The van der Waals surface area contributed by atoms with Gasteiger partial charge in [0.1, 0.15) is 0 Å². The highest BCUT2D eigenvalue weighted by atomic mass is 32.1. The van der Waals surface area contributed by atoms with Crippen LogP contribution in [0.1, 0.15) is 0 Å². The summed E-state index contributed by atoms with van der Waals surface area (Å²) >= 11 is 1.89. The summed E-state index contributed by atoms with van der Waals surface area (Å²) in [6, 6.07) is 114. The van der Waals surface area contributed by atoms with Crippen LogP contribution >= 0.6 is 11.3 Å². The molecule has 16 aromatic carbocycles. The van der Waals surface area contributed by atoms with Crippen molar-refractivity contribution < 1.29 is 0 Å². The predicted molar refractivity (Wildman–Crippen MR) is 374 cm³/mol. The molecule has 0 unspecified atom stereocenters. The van der Waals surface area contributed by atoms with Crippen molar-refractivity contribution >= 4 is 85.4 Å². The van der Waals surface area contributed by atoms with Gasteiger partial charge in [0, 0.05) is 20.2 Å². The summed E-state index contributed by atoms with van der Waals surface area (Å²) in [6.07, 6.45) is 0. The maximum atomic E-state index is 2.46. The SMILES string of the molecule is c1cc(-c2ccc(-c3cccc4c3sc3ccccc34)cc2)cc(-c2cc3c4c(cccc4c2)-c2cc(-c4cc(-c5ccc(-c6cc7ccc8ccccc8c7c7ccccc67)cc5)cc(-c5cc6c7c(cccc7c5)-c5ccccc5-6)c4)ccc2-3)c1. The van der Waals surface area contributed by atoms with Crippen LogP contribution in [-0.4, -0.2) is 0 Å². The van der Waals surface area contributed by atoms with E-state index >= 15 is 0 Å². The van der Waals surface area contributed by atoms with Gasteiger partial charge in [0.05, 0.1) is 0 Å². The number of thiophene rings is 1. The van der Waals surface area contributed by atoms with Gasteiger partial charge in [-0.25, -0.2) is 0 Å². The minimum absolute atomic E-state index is 1.18. The van der Waals surface area contributed by atoms with Crippen LogP contribution in [0.15, 0.2) is 303 Å². The Morgan fingerprint density at radius 3 is 1.32 bits per heavy atom. The van der Waals surface area contributed by atoms with E-state index in [1.165, 1.54) is 196 Å². The quantitative estimate of drug-likeness (QED) is 0.140. The lowest BCUT2D eigenvalue weighted by Gasteiger charge is -2.15. The molecule has 0 bridgehead atoms. The normalized spacial score (nSPS) is 12.1. The van der Waals surface area contributed by atoms with Gasteiger partial charge >= 0.3 is 0 Å². The Morgan fingerprint density at radius 2 is 0.575 bits per heavy atom. The number of rotatable bonds is 7. The smallest absolute Gasteiger partial charge is 0.0433 e. The Balaban J connectivity index is 0.704. The second-order valence-electron chi connectivity index (χ2n) is 23.8. The first kappa shape index (κ1) is 48.4. The zero-order valence-electron chi connectivity index (χ0n) is 47.3. The average Bonchev–Trinajstić information content (AvgIpc) is 2.38. The standard InChI is InChI=1S/C86H50S/c1-2-18-67-53(13-1)37-38-61-48-78(71-21-5-6-23-74(71)83(61)67)55-35-31-52(32-36-55)62-44-63(46-64(45-62)66-43-60-16-10-25-75-69-19-3-4-20-70(69)80(50-66)84(60)75)58-39-40-72-79(47-58)76-26-11-17-59-42-65(49-81(72)85(59)76)57-15-9-14-56(41-57)51-29-33-54(34-30-51)68-24-12-27-77-73-22-7-8-28-82(73)87-86(68)77/h1-50H. The number of benzene rings is 16. The fraction of sp³-hybridized carbons (Fsp3) is 0. The van der Waals surface area contributed by atoms with Crippen molar-refractivity contribution in [3.63, 3.8) is 0 Å². The van der Waals surface area contributed by atoms with Gasteiger partial charge in [0.15, 0.2) is 0 Å². The van der Waals surface area contributed by atoms with Crippen molar-refractivity contribution in [2.45, 2.75) is 0 Å². The van der Waals surface area contributed by atoms with Crippen LogP contribution in [0.25, 0.3) is 196 Å². The van der Waals surface area contributed by atoms with Crippen LogP contribution in [0.2, 0.25) is 0 Å². The van der Waals surface area contributed by atoms with Gasteiger partial charge in [0.25, 0.3) is 0 Å². The van der Waals surface area contributed by atoms with E-state index in [4.69, 9.17) is 0 Å². The van der Waals surface area contributed by atoms with Crippen molar-refractivity contribution in [3.8, 4) is 122 Å². The lowest BCUT2D eigenvalue weighted by atomic mass is 9.88. The summed E-state index contributed by atoms with van der Waals surface area (Å²) in [5, 5.41) is 15.5. The van der Waals surface area contributed by atoms with E-state index in [2.05, 4.69) is 303 Å². The first-order valence-corrected chi connectivity index (χ1v) is 31.0. The third kappa shape index (κ3) is 7.50. The number of hydrogen-bond acceptors (Lipinski definition) is 1. The summed E-state index contributed by atoms with van der Waals surface area (Å²) < 4.78 is 2.67. The third-order valence-electron chi connectivity index (χ3n) is 19.1. The van der Waals surface area contributed by atoms with Crippen LogP contribution in [0.5, 0.6) is 0 Å². The molecule has 0 N–H and O–H groups in total. The summed E-state index contributed by atoms with van der Waals surface area (Å²) in [4.78, 5) is 0. The summed E-state index contributed by atoms with van der Waals surface area (Å²) in [7, 11) is 0. The second-order valence-corrected chi connectivity index (χ2v) is 24.9. The topological polar surface area (TPSA) is 0 Å². The molecule has 2 aliphatic rings. The molecule has 1 heteroatoms. The minimum Gasteiger partial charge on any atom is -0.135 e. The van der Waals surface area contributed by atoms with Crippen molar-refractivity contribution in [2.24, 2.45) is 0 Å². The highest BCUT2D eigenvalue weighted by molar-refractivity contribution is 7.26. The van der Waals surface area contributed by atoms with Gasteiger partial charge in [-0.05, 0) is 243 Å². The fourth-order valence-corrected chi connectivity index (χ4v) is 16.2. The summed E-state index contributed by atoms with van der Waals surface area (Å²) in [5.41, 5.74) is 27.4. The van der Waals surface area contributed by atoms with E-state index in [0.717, 1.165) is 0 Å². The molecule has 19 rings (SSSR count). The van der Waals surface area contributed by atoms with Gasteiger partial charge < -0.3 is 0 Å². The molecule has 1 aromatic heterocycles. The molecular weight excluding hydrogens is 1070 g/mol. The first-order chi connectivity index (χ1) is 43.1. The Hall–Kier alpha value is -11.0. The molecule has 1 heterocycles. The maximum Gasteiger partial charge on any atom is 0.0433 e. The van der Waals surface area contributed by atoms with E-state index in [-0.39, 0.29) is 0 Å². The van der Waals surface area contributed by atoms with Crippen LogP contribution < -0.4 is 0 Å². The highest BCUT2D eigenvalue weighted by Gasteiger charge is 2.26. The zero-order valence-corrected chi connectivity index (χ0v) is 48.1. The molecule has 0 fully saturated rings. The van der Waals surface area contributed by atoms with Crippen molar-refractivity contribution in [1.29, 1.82) is 0 Å². The first-order valence-electron chi connectivity index (χ1n) is 30.2. The Labute approximate surface area is 507 Å². The molecule has 0 atom stereocenters. The maximum absolute atomic E-state index is 2.46. The molecular formula is C86H50S. The van der Waals surface area contributed by atoms with Crippen LogP contribution in [-0.2, 0) is 0 Å². The minimum atomic E-state index is 1.18. The zero-order chi connectivity index (χ0) is 56.8. The van der Waals surface area contributed by atoms with E-state index < -0.39 is 0 Å². The Kier molecular flexibility index (Phi) is 10.4. The predicted octanol–water partition coefficient (Wildman–Crippen LogP) is 24.8. The van der Waals surface area contributed by atoms with Gasteiger partial charge in [-0.2, -0.15) is 0 Å². The average molecular weight is 1120 g/mol. The molecule has 0 radical (unpaired) electrons. The molecule has 0 saturated heterocycles. The Bertz CT molecular complexity index is 5800.